The number of fused-ring (bicyclic) bond motifs is 2. The van der Waals surface area contributed by atoms with Gasteiger partial charge in [-0.15, -0.1) is 0 Å². The Bertz CT molecular complexity index is 2730. The van der Waals surface area contributed by atoms with Crippen molar-refractivity contribution in [2.75, 3.05) is 42.6 Å². The van der Waals surface area contributed by atoms with E-state index in [1.165, 1.54) is 43.0 Å². The highest BCUT2D eigenvalue weighted by Crippen LogP contribution is 2.53. The number of benzene rings is 3. The molecular weight excluding hydrogens is 871 g/mol. The summed E-state index contributed by atoms with van der Waals surface area (Å²) in [5.74, 6) is -3.62. The molecule has 2 spiro atoms. The third-order valence-corrected chi connectivity index (χ3v) is 14.9. The van der Waals surface area contributed by atoms with E-state index in [-0.39, 0.29) is 56.8 Å². The van der Waals surface area contributed by atoms with E-state index in [1.54, 1.807) is 17.0 Å². The maximum Gasteiger partial charge on any atom is 0.417 e. The van der Waals surface area contributed by atoms with E-state index in [4.69, 9.17) is 17.0 Å². The van der Waals surface area contributed by atoms with Crippen LogP contribution >= 0.6 is 12.2 Å². The second kappa shape index (κ2) is 14.6. The van der Waals surface area contributed by atoms with Gasteiger partial charge in [0.2, 0.25) is 11.8 Å². The maximum atomic E-state index is 15.8. The third-order valence-electron chi connectivity index (χ3n) is 14.6. The van der Waals surface area contributed by atoms with Crippen LogP contribution in [0.2, 0.25) is 0 Å². The van der Waals surface area contributed by atoms with Gasteiger partial charge >= 0.3 is 6.18 Å². The van der Waals surface area contributed by atoms with Crippen molar-refractivity contribution in [3.63, 3.8) is 0 Å². The SMILES string of the molecule is CC1(C)C(=O)N(c2ccc(C#N)c(C(F)(F)F)c2)C(=S)N1c1ccc(C(=O)N2CC3(CC(N4CCC5(CC4)COc4cc6c(cc4C5)C(=O)N(C4CCC(=O)NC4=O)C6=O)C3)C2)c(F)c1. The van der Waals surface area contributed by atoms with Crippen molar-refractivity contribution in [3.05, 3.63) is 87.7 Å². The van der Waals surface area contributed by atoms with Crippen molar-refractivity contribution >= 4 is 64.1 Å². The van der Waals surface area contributed by atoms with Gasteiger partial charge < -0.3 is 19.4 Å². The maximum absolute atomic E-state index is 15.8. The molecule has 1 atom stereocenters. The predicted molar refractivity (Wildman–Crippen MR) is 226 cm³/mol. The van der Waals surface area contributed by atoms with E-state index >= 15 is 4.39 Å². The number of hydrogen-bond acceptors (Lipinski definition) is 10. The van der Waals surface area contributed by atoms with Gasteiger partial charge in [0.1, 0.15) is 23.1 Å². The third kappa shape index (κ3) is 6.69. The molecule has 1 N–H and O–H groups in total. The highest BCUT2D eigenvalue weighted by molar-refractivity contribution is 7.81. The first-order valence-electron chi connectivity index (χ1n) is 21.4. The number of ether oxygens (including phenoxy) is 1. The average Bonchev–Trinajstić information content (AvgIpc) is 3.57. The van der Waals surface area contributed by atoms with Crippen molar-refractivity contribution in [3.8, 4) is 11.8 Å². The highest BCUT2D eigenvalue weighted by atomic mass is 32.1. The fraction of sp³-hybridized carbons (Fsp3) is 0.435. The summed E-state index contributed by atoms with van der Waals surface area (Å²) < 4.78 is 63.4. The topological polar surface area (TPSA) is 164 Å². The van der Waals surface area contributed by atoms with Crippen LogP contribution in [0.15, 0.2) is 48.5 Å². The lowest BCUT2D eigenvalue weighted by atomic mass is 9.59. The number of alkyl halides is 3. The molecule has 65 heavy (non-hydrogen) atoms. The van der Waals surface area contributed by atoms with Crippen molar-refractivity contribution in [2.24, 2.45) is 10.8 Å². The van der Waals surface area contributed by atoms with Crippen LogP contribution in [0.3, 0.4) is 0 Å². The van der Waals surface area contributed by atoms with E-state index in [2.05, 4.69) is 10.2 Å². The largest absolute Gasteiger partial charge is 0.493 e. The summed E-state index contributed by atoms with van der Waals surface area (Å²) in [7, 11) is 0. The molecule has 3 aromatic rings. The molecule has 6 aliphatic heterocycles. The zero-order valence-corrected chi connectivity index (χ0v) is 36.0. The summed E-state index contributed by atoms with van der Waals surface area (Å²) in [6.45, 7) is 6.13. The molecule has 1 unspecified atom stereocenters. The molecule has 336 valence electrons. The van der Waals surface area contributed by atoms with E-state index in [9.17, 15) is 47.2 Å². The fourth-order valence-electron chi connectivity index (χ4n) is 11.0. The number of imide groups is 2. The fourth-order valence-corrected chi connectivity index (χ4v) is 11.5. The number of thiocarbonyl (C=S) groups is 1. The minimum atomic E-state index is -4.87. The molecule has 0 radical (unpaired) electrons. The summed E-state index contributed by atoms with van der Waals surface area (Å²) in [5, 5.41) is 11.2. The molecule has 7 aliphatic rings. The van der Waals surface area contributed by atoms with Crippen molar-refractivity contribution < 1.29 is 51.1 Å². The van der Waals surface area contributed by atoms with E-state index < -0.39 is 70.1 Å². The van der Waals surface area contributed by atoms with Gasteiger partial charge in [0.25, 0.3) is 23.6 Å². The van der Waals surface area contributed by atoms with E-state index in [0.717, 1.165) is 66.3 Å². The zero-order valence-electron chi connectivity index (χ0n) is 35.2. The molecule has 10 rings (SSSR count). The smallest absolute Gasteiger partial charge is 0.417 e. The van der Waals surface area contributed by atoms with Crippen molar-refractivity contribution in [2.45, 2.75) is 82.6 Å². The predicted octanol–water partition coefficient (Wildman–Crippen LogP) is 5.36. The van der Waals surface area contributed by atoms with Crippen LogP contribution in [0, 0.1) is 28.0 Å². The molecule has 1 saturated carbocycles. The molecular formula is C46H41F4N7O7S. The Morgan fingerprint density at radius 3 is 2.25 bits per heavy atom. The number of nitrogens with one attached hydrogen (secondary N) is 1. The van der Waals surface area contributed by atoms with Gasteiger partial charge in [-0.05, 0) is 132 Å². The number of hydrogen-bond donors (Lipinski definition) is 1. The molecule has 19 heteroatoms. The molecule has 1 aliphatic carbocycles. The van der Waals surface area contributed by atoms with Crippen LogP contribution in [0.5, 0.6) is 5.75 Å². The Morgan fingerprint density at radius 2 is 1.60 bits per heavy atom. The lowest BCUT2D eigenvalue weighted by molar-refractivity contribution is -0.138. The summed E-state index contributed by atoms with van der Waals surface area (Å²) in [5.41, 5.74) is -2.41. The van der Waals surface area contributed by atoms with Crippen molar-refractivity contribution in [1.82, 2.24) is 20.0 Å². The average molecular weight is 912 g/mol. The first-order chi connectivity index (χ1) is 30.7. The first-order valence-corrected chi connectivity index (χ1v) is 21.8. The molecule has 6 amide bonds. The number of rotatable bonds is 5. The monoisotopic (exact) mass is 911 g/mol. The second-order valence-electron chi connectivity index (χ2n) is 19.0. The van der Waals surface area contributed by atoms with Crippen LogP contribution in [-0.4, -0.2) is 106 Å². The van der Waals surface area contributed by atoms with Gasteiger partial charge in [-0.2, -0.15) is 18.4 Å². The summed E-state index contributed by atoms with van der Waals surface area (Å²) in [6, 6.07) is 10.9. The Hall–Kier alpha value is -6.26. The molecule has 3 aromatic carbocycles. The Labute approximate surface area is 375 Å². The van der Waals surface area contributed by atoms with Crippen LogP contribution in [0.4, 0.5) is 28.9 Å². The number of amides is 6. The van der Waals surface area contributed by atoms with Gasteiger partial charge in [-0.25, -0.2) is 4.39 Å². The normalized spacial score (nSPS) is 23.6. The van der Waals surface area contributed by atoms with Gasteiger partial charge in [0.05, 0.1) is 46.2 Å². The quantitative estimate of drug-likeness (QED) is 0.199. The van der Waals surface area contributed by atoms with Crippen LogP contribution in [0.1, 0.15) is 100 Å². The Balaban J connectivity index is 0.739. The number of carbonyl (C=O) groups is 6. The number of likely N-dealkylation sites (tertiary alicyclic amines) is 2. The minimum absolute atomic E-state index is 0.0405. The van der Waals surface area contributed by atoms with Crippen molar-refractivity contribution in [1.29, 1.82) is 5.26 Å². The highest BCUT2D eigenvalue weighted by Gasteiger charge is 2.57. The Kier molecular flexibility index (Phi) is 9.60. The molecule has 0 aromatic heterocycles. The number of anilines is 2. The van der Waals surface area contributed by atoms with E-state index in [1.807, 2.05) is 0 Å². The lowest BCUT2D eigenvalue weighted by Gasteiger charge is -2.62. The van der Waals surface area contributed by atoms with E-state index in [0.29, 0.717) is 44.0 Å². The summed E-state index contributed by atoms with van der Waals surface area (Å²) >= 11 is 5.58. The molecule has 14 nitrogen and oxygen atoms in total. The first kappa shape index (κ1) is 42.7. The minimum Gasteiger partial charge on any atom is -0.493 e. The van der Waals surface area contributed by atoms with Gasteiger partial charge in [-0.1, -0.05) is 0 Å². The number of halogens is 4. The van der Waals surface area contributed by atoms with Crippen LogP contribution < -0.4 is 19.9 Å². The number of nitrogens with zero attached hydrogens (tertiary/aromatic N) is 6. The number of nitriles is 1. The standard InChI is InChI=1S/C46H41F4N7O7S/c1-43(2)41(63)55(26-4-3-24(20-51)32(14-26)46(48,49)50)42(65)57(43)27-5-6-29(33(47)15-27)38(60)54-21-45(22-54)18-28(19-45)53-11-9-44(10-12-53)17-25-13-30-31(16-35(25)64-23-44)40(62)56(39(30)61)34-7-8-36(58)52-37(34)59/h3-6,13-16,28,34H,7-12,17-19,21-23H2,1-2H3,(H,52,58,59). The summed E-state index contributed by atoms with van der Waals surface area (Å²) in [6.07, 6.45) is -0.553. The molecule has 0 bridgehead atoms. The number of piperidine rings is 2. The van der Waals surface area contributed by atoms with Gasteiger partial charge in [-0.3, -0.25) is 43.9 Å². The number of carbonyl (C=O) groups excluding carboxylic acids is 6. The van der Waals surface area contributed by atoms with Gasteiger partial charge in [0.15, 0.2) is 5.11 Å². The van der Waals surface area contributed by atoms with Gasteiger partial charge in [0, 0.05) is 42.1 Å². The lowest BCUT2D eigenvalue weighted by Crippen LogP contribution is -2.68. The summed E-state index contributed by atoms with van der Waals surface area (Å²) in [4.78, 5) is 85.5. The zero-order chi connectivity index (χ0) is 46.1. The van der Waals surface area contributed by atoms with Crippen LogP contribution in [-0.2, 0) is 27.0 Å². The second-order valence-corrected chi connectivity index (χ2v) is 19.4. The molecule has 6 heterocycles. The molecule has 4 saturated heterocycles. The van der Waals surface area contributed by atoms with Crippen LogP contribution in [0.25, 0.3) is 0 Å². The molecule has 5 fully saturated rings. The Morgan fingerprint density at radius 1 is 0.923 bits per heavy atom.